The first-order valence-corrected chi connectivity index (χ1v) is 7.73. The lowest BCUT2D eigenvalue weighted by Gasteiger charge is -2.43. The van der Waals surface area contributed by atoms with Gasteiger partial charge in [0.15, 0.2) is 0 Å². The second-order valence-electron chi connectivity index (χ2n) is 5.57. The summed E-state index contributed by atoms with van der Waals surface area (Å²) in [7, 11) is 0. The maximum atomic E-state index is 6.15. The molecule has 1 aliphatic rings. The van der Waals surface area contributed by atoms with Gasteiger partial charge in [-0.15, -0.1) is 0 Å². The Bertz CT molecular complexity index is 434. The summed E-state index contributed by atoms with van der Waals surface area (Å²) in [5.41, 5.74) is 1.17. The maximum absolute atomic E-state index is 6.15. The van der Waals surface area contributed by atoms with Crippen LogP contribution in [-0.4, -0.2) is 25.2 Å². The number of benzene rings is 1. The van der Waals surface area contributed by atoms with Gasteiger partial charge in [-0.2, -0.15) is 0 Å². The highest BCUT2D eigenvalue weighted by Gasteiger charge is 2.28. The molecule has 1 aromatic carbocycles. The summed E-state index contributed by atoms with van der Waals surface area (Å²) in [4.78, 5) is 2.46. The van der Waals surface area contributed by atoms with E-state index in [0.29, 0.717) is 28.0 Å². The molecule has 1 aliphatic heterocycles. The molecular weight excluding hydrogens is 279 g/mol. The summed E-state index contributed by atoms with van der Waals surface area (Å²) < 4.78 is 0. The van der Waals surface area contributed by atoms with Gasteiger partial charge in [-0.05, 0) is 30.5 Å². The maximum Gasteiger partial charge on any atom is 0.0612 e. The van der Waals surface area contributed by atoms with Gasteiger partial charge in [0.1, 0.15) is 0 Å². The van der Waals surface area contributed by atoms with E-state index >= 15 is 0 Å². The molecule has 0 aromatic heterocycles. The van der Waals surface area contributed by atoms with Crippen molar-refractivity contribution in [2.45, 2.75) is 39.3 Å². The summed E-state index contributed by atoms with van der Waals surface area (Å²) in [6.45, 7) is 8.80. The van der Waals surface area contributed by atoms with Crippen molar-refractivity contribution in [1.29, 1.82) is 0 Å². The molecule has 0 spiro atoms. The molecule has 2 atom stereocenters. The van der Waals surface area contributed by atoms with Gasteiger partial charge in [-0.1, -0.05) is 44.0 Å². The van der Waals surface area contributed by atoms with Crippen LogP contribution >= 0.6 is 23.2 Å². The average Bonchev–Trinajstić information content (AvgIpc) is 2.41. The highest BCUT2D eigenvalue weighted by Crippen LogP contribution is 2.30. The highest BCUT2D eigenvalue weighted by atomic mass is 35.5. The van der Waals surface area contributed by atoms with Gasteiger partial charge in [0.25, 0.3) is 0 Å². The fourth-order valence-electron chi connectivity index (χ4n) is 2.61. The van der Waals surface area contributed by atoms with E-state index in [1.54, 1.807) is 0 Å². The minimum Gasteiger partial charge on any atom is -0.366 e. The molecule has 106 valence electrons. The SMILES string of the molecule is CCC1CNC(C(C)C)CN1c1ccc(Cl)c(Cl)c1. The van der Waals surface area contributed by atoms with E-state index in [1.807, 2.05) is 12.1 Å². The lowest BCUT2D eigenvalue weighted by molar-refractivity contribution is 0.325. The van der Waals surface area contributed by atoms with Gasteiger partial charge in [0.05, 0.1) is 10.0 Å². The Morgan fingerprint density at radius 3 is 2.63 bits per heavy atom. The first-order valence-electron chi connectivity index (χ1n) is 6.98. The molecule has 1 N–H and O–H groups in total. The zero-order valence-corrected chi connectivity index (χ0v) is 13.3. The Labute approximate surface area is 126 Å². The van der Waals surface area contributed by atoms with E-state index in [-0.39, 0.29) is 0 Å². The van der Waals surface area contributed by atoms with E-state index in [2.05, 4.69) is 37.1 Å². The number of hydrogen-bond acceptors (Lipinski definition) is 2. The number of anilines is 1. The first kappa shape index (κ1) is 15.0. The normalized spacial score (nSPS) is 24.0. The molecule has 0 saturated carbocycles. The van der Waals surface area contributed by atoms with E-state index in [4.69, 9.17) is 23.2 Å². The molecule has 0 radical (unpaired) electrons. The van der Waals surface area contributed by atoms with Crippen molar-refractivity contribution in [2.24, 2.45) is 5.92 Å². The van der Waals surface area contributed by atoms with E-state index in [9.17, 15) is 0 Å². The molecule has 0 aliphatic carbocycles. The smallest absolute Gasteiger partial charge is 0.0612 e. The van der Waals surface area contributed by atoms with Crippen molar-refractivity contribution in [1.82, 2.24) is 5.32 Å². The number of rotatable bonds is 3. The van der Waals surface area contributed by atoms with Crippen LogP contribution in [-0.2, 0) is 0 Å². The van der Waals surface area contributed by atoms with Crippen molar-refractivity contribution >= 4 is 28.9 Å². The molecule has 1 heterocycles. The third kappa shape index (κ3) is 3.36. The van der Waals surface area contributed by atoms with Gasteiger partial charge >= 0.3 is 0 Å². The third-order valence-corrected chi connectivity index (χ3v) is 4.70. The Morgan fingerprint density at radius 2 is 2.05 bits per heavy atom. The predicted molar refractivity (Wildman–Crippen MR) is 84.5 cm³/mol. The summed E-state index contributed by atoms with van der Waals surface area (Å²) in [6, 6.07) is 6.98. The van der Waals surface area contributed by atoms with Crippen molar-refractivity contribution < 1.29 is 0 Å². The van der Waals surface area contributed by atoms with Crippen LogP contribution in [0.4, 0.5) is 5.69 Å². The topological polar surface area (TPSA) is 15.3 Å². The molecule has 0 amide bonds. The number of halogens is 2. The molecule has 4 heteroatoms. The fraction of sp³-hybridized carbons (Fsp3) is 0.600. The molecule has 19 heavy (non-hydrogen) atoms. The van der Waals surface area contributed by atoms with Crippen LogP contribution in [0.3, 0.4) is 0 Å². The van der Waals surface area contributed by atoms with Crippen molar-refractivity contribution in [3.8, 4) is 0 Å². The number of hydrogen-bond donors (Lipinski definition) is 1. The standard InChI is InChI=1S/C15H22Cl2N2/c1-4-11-8-18-15(10(2)3)9-19(11)12-5-6-13(16)14(17)7-12/h5-7,10-11,15,18H,4,8-9H2,1-3H3. The van der Waals surface area contributed by atoms with E-state index < -0.39 is 0 Å². The van der Waals surface area contributed by atoms with Crippen molar-refractivity contribution in [3.63, 3.8) is 0 Å². The van der Waals surface area contributed by atoms with Crippen molar-refractivity contribution in [3.05, 3.63) is 28.2 Å². The molecule has 2 rings (SSSR count). The molecule has 1 fully saturated rings. The molecular formula is C15H22Cl2N2. The summed E-state index contributed by atoms with van der Waals surface area (Å²) >= 11 is 12.2. The molecule has 1 aromatic rings. The average molecular weight is 301 g/mol. The van der Waals surface area contributed by atoms with Gasteiger partial charge < -0.3 is 10.2 Å². The zero-order chi connectivity index (χ0) is 14.0. The van der Waals surface area contributed by atoms with Crippen LogP contribution in [0.1, 0.15) is 27.2 Å². The quantitative estimate of drug-likeness (QED) is 0.900. The van der Waals surface area contributed by atoms with Gasteiger partial charge in [-0.3, -0.25) is 0 Å². The summed E-state index contributed by atoms with van der Waals surface area (Å²) in [5.74, 6) is 0.628. The van der Waals surface area contributed by atoms with Gasteiger partial charge in [0, 0.05) is 30.9 Å². The second kappa shape index (κ2) is 6.34. The van der Waals surface area contributed by atoms with Gasteiger partial charge in [0.2, 0.25) is 0 Å². The van der Waals surface area contributed by atoms with Gasteiger partial charge in [-0.25, -0.2) is 0 Å². The predicted octanol–water partition coefficient (Wildman–Crippen LogP) is 4.21. The van der Waals surface area contributed by atoms with Crippen LogP contribution in [0.25, 0.3) is 0 Å². The molecule has 0 bridgehead atoms. The largest absolute Gasteiger partial charge is 0.366 e. The lowest BCUT2D eigenvalue weighted by atomic mass is 9.98. The number of nitrogens with zero attached hydrogens (tertiary/aromatic N) is 1. The van der Waals surface area contributed by atoms with Crippen LogP contribution in [0.15, 0.2) is 18.2 Å². The Balaban J connectivity index is 2.24. The molecule has 1 saturated heterocycles. The Morgan fingerprint density at radius 1 is 1.32 bits per heavy atom. The van der Waals surface area contributed by atoms with E-state index in [0.717, 1.165) is 19.5 Å². The molecule has 2 nitrogen and oxygen atoms in total. The van der Waals surface area contributed by atoms with Crippen LogP contribution in [0, 0.1) is 5.92 Å². The molecule has 2 unspecified atom stereocenters. The summed E-state index contributed by atoms with van der Waals surface area (Å²) in [5, 5.41) is 4.90. The minimum atomic E-state index is 0.521. The lowest BCUT2D eigenvalue weighted by Crippen LogP contribution is -2.58. The monoisotopic (exact) mass is 300 g/mol. The van der Waals surface area contributed by atoms with E-state index in [1.165, 1.54) is 5.69 Å². The number of nitrogens with one attached hydrogen (secondary N) is 1. The second-order valence-corrected chi connectivity index (χ2v) is 6.39. The Kier molecular flexibility index (Phi) is 4.99. The zero-order valence-electron chi connectivity index (χ0n) is 11.8. The van der Waals surface area contributed by atoms with Crippen molar-refractivity contribution in [2.75, 3.05) is 18.0 Å². The highest BCUT2D eigenvalue weighted by molar-refractivity contribution is 6.42. The minimum absolute atomic E-state index is 0.521. The van der Waals surface area contributed by atoms with Crippen LogP contribution < -0.4 is 10.2 Å². The number of piperazine rings is 1. The van der Waals surface area contributed by atoms with Crippen LogP contribution in [0.2, 0.25) is 10.0 Å². The third-order valence-electron chi connectivity index (χ3n) is 3.96. The fourth-order valence-corrected chi connectivity index (χ4v) is 2.91. The first-order chi connectivity index (χ1) is 9.02. The van der Waals surface area contributed by atoms with Crippen LogP contribution in [0.5, 0.6) is 0 Å². The Hall–Kier alpha value is -0.440. The summed E-state index contributed by atoms with van der Waals surface area (Å²) in [6.07, 6.45) is 1.12.